The average Bonchev–Trinajstić information content (AvgIpc) is 2.53. The zero-order valence-corrected chi connectivity index (χ0v) is 14.4. The van der Waals surface area contributed by atoms with Crippen LogP contribution in [0.4, 0.5) is 0 Å². The fourth-order valence-corrected chi connectivity index (χ4v) is 3.28. The van der Waals surface area contributed by atoms with Crippen molar-refractivity contribution in [3.8, 4) is 17.6 Å². The zero-order chi connectivity index (χ0) is 17.0. The first-order valence-electron chi connectivity index (χ1n) is 6.38. The van der Waals surface area contributed by atoms with Gasteiger partial charge in [0.05, 0.1) is 12.0 Å². The molecular weight excluding hydrogens is 382 g/mol. The molecule has 0 atom stereocenters. The van der Waals surface area contributed by atoms with Crippen LogP contribution in [0, 0.1) is 11.3 Å². The minimum absolute atomic E-state index is 0.0197. The van der Waals surface area contributed by atoms with E-state index in [1.165, 1.54) is 37.5 Å². The Morgan fingerprint density at radius 1 is 1.26 bits per heavy atom. The van der Waals surface area contributed by atoms with Gasteiger partial charge in [0.15, 0.2) is 11.5 Å². The number of nitriles is 1. The van der Waals surface area contributed by atoms with Crippen molar-refractivity contribution in [1.29, 1.82) is 5.26 Å². The molecule has 0 aliphatic rings. The summed E-state index contributed by atoms with van der Waals surface area (Å²) in [5.41, 5.74) is 0.375. The van der Waals surface area contributed by atoms with E-state index in [9.17, 15) is 18.8 Å². The van der Waals surface area contributed by atoms with Crippen LogP contribution in [0.5, 0.6) is 11.5 Å². The van der Waals surface area contributed by atoms with E-state index < -0.39 is 14.7 Å². The van der Waals surface area contributed by atoms with Gasteiger partial charge in [0.25, 0.3) is 0 Å². The molecular formula is C16H12BrNO4S. The van der Waals surface area contributed by atoms with Crippen LogP contribution in [0.1, 0.15) is 5.56 Å². The van der Waals surface area contributed by atoms with Crippen molar-refractivity contribution < 1.29 is 18.3 Å². The van der Waals surface area contributed by atoms with Crippen LogP contribution in [0.15, 0.2) is 56.7 Å². The number of aromatic hydroxyl groups is 1. The Balaban J connectivity index is 2.48. The van der Waals surface area contributed by atoms with E-state index in [-0.39, 0.29) is 16.4 Å². The van der Waals surface area contributed by atoms with Gasteiger partial charge in [-0.1, -0.05) is 22.0 Å². The molecule has 0 saturated carbocycles. The standard InChI is InChI=1S/C16H12BrNO4S/c1-22-16-7-2-11(9-15(16)19)8-14(10-18)23(20,21)13-5-3-12(17)4-6-13/h2-9,19H,1H3/b14-8+. The molecule has 0 unspecified atom stereocenters. The highest BCUT2D eigenvalue weighted by Gasteiger charge is 2.20. The van der Waals surface area contributed by atoms with Gasteiger partial charge in [-0.3, -0.25) is 0 Å². The van der Waals surface area contributed by atoms with Crippen molar-refractivity contribution in [2.24, 2.45) is 0 Å². The number of phenols is 1. The zero-order valence-electron chi connectivity index (χ0n) is 12.0. The molecule has 0 amide bonds. The number of sulfone groups is 1. The largest absolute Gasteiger partial charge is 0.504 e. The Labute approximate surface area is 142 Å². The Morgan fingerprint density at radius 3 is 2.43 bits per heavy atom. The van der Waals surface area contributed by atoms with Crippen LogP contribution < -0.4 is 4.74 Å². The number of phenolic OH excluding ortho intramolecular Hbond substituents is 1. The lowest BCUT2D eigenvalue weighted by molar-refractivity contribution is 0.373. The minimum Gasteiger partial charge on any atom is -0.504 e. The first-order valence-corrected chi connectivity index (χ1v) is 8.65. The molecule has 0 saturated heterocycles. The molecule has 118 valence electrons. The first-order chi connectivity index (χ1) is 10.9. The maximum atomic E-state index is 12.5. The van der Waals surface area contributed by atoms with E-state index in [2.05, 4.69) is 15.9 Å². The Bertz CT molecular complexity index is 897. The van der Waals surface area contributed by atoms with Gasteiger partial charge >= 0.3 is 0 Å². The van der Waals surface area contributed by atoms with Crippen molar-refractivity contribution in [1.82, 2.24) is 0 Å². The third kappa shape index (κ3) is 3.73. The first kappa shape index (κ1) is 17.1. The van der Waals surface area contributed by atoms with E-state index in [1.54, 1.807) is 24.3 Å². The summed E-state index contributed by atoms with van der Waals surface area (Å²) in [6, 6.07) is 12.1. The lowest BCUT2D eigenvalue weighted by Gasteiger charge is -2.05. The number of nitrogens with zero attached hydrogens (tertiary/aromatic N) is 1. The Kier molecular flexibility index (Phi) is 5.08. The van der Waals surface area contributed by atoms with Gasteiger partial charge in [0.2, 0.25) is 9.84 Å². The van der Waals surface area contributed by atoms with Crippen molar-refractivity contribution >= 4 is 31.8 Å². The lowest BCUT2D eigenvalue weighted by atomic mass is 10.2. The highest BCUT2D eigenvalue weighted by atomic mass is 79.9. The summed E-state index contributed by atoms with van der Waals surface area (Å²) in [7, 11) is -2.52. The fraction of sp³-hybridized carbons (Fsp3) is 0.0625. The number of halogens is 1. The molecule has 2 aromatic rings. The molecule has 0 radical (unpaired) electrons. The van der Waals surface area contributed by atoms with Crippen molar-refractivity contribution in [3.63, 3.8) is 0 Å². The van der Waals surface area contributed by atoms with Gasteiger partial charge < -0.3 is 9.84 Å². The maximum absolute atomic E-state index is 12.5. The molecule has 1 N–H and O–H groups in total. The van der Waals surface area contributed by atoms with Crippen molar-refractivity contribution in [3.05, 3.63) is 57.4 Å². The summed E-state index contributed by atoms with van der Waals surface area (Å²) in [6.45, 7) is 0. The van der Waals surface area contributed by atoms with Crippen LogP contribution in [-0.4, -0.2) is 20.6 Å². The van der Waals surface area contributed by atoms with Crippen LogP contribution in [0.2, 0.25) is 0 Å². The topological polar surface area (TPSA) is 87.4 Å². The van der Waals surface area contributed by atoms with E-state index in [4.69, 9.17) is 4.74 Å². The summed E-state index contributed by atoms with van der Waals surface area (Å²) in [4.78, 5) is -0.393. The quantitative estimate of drug-likeness (QED) is 0.802. The molecule has 0 spiro atoms. The number of rotatable bonds is 4. The summed E-state index contributed by atoms with van der Waals surface area (Å²) in [6.07, 6.45) is 1.20. The van der Waals surface area contributed by atoms with E-state index >= 15 is 0 Å². The third-order valence-corrected chi connectivity index (χ3v) is 5.23. The summed E-state index contributed by atoms with van der Waals surface area (Å²) in [5.74, 6) is 0.121. The average molecular weight is 394 g/mol. The molecule has 7 heteroatoms. The number of hydrogen-bond acceptors (Lipinski definition) is 5. The molecule has 0 aliphatic heterocycles. The van der Waals surface area contributed by atoms with Gasteiger partial charge in [0, 0.05) is 4.47 Å². The molecule has 2 rings (SSSR count). The van der Waals surface area contributed by atoms with Gasteiger partial charge in [-0.2, -0.15) is 5.26 Å². The number of ether oxygens (including phenoxy) is 1. The van der Waals surface area contributed by atoms with Crippen molar-refractivity contribution in [2.45, 2.75) is 4.90 Å². The molecule has 0 heterocycles. The maximum Gasteiger partial charge on any atom is 0.216 e. The molecule has 0 bridgehead atoms. The predicted molar refractivity (Wildman–Crippen MR) is 89.6 cm³/mol. The van der Waals surface area contributed by atoms with Crippen molar-refractivity contribution in [2.75, 3.05) is 7.11 Å². The summed E-state index contributed by atoms with van der Waals surface area (Å²) >= 11 is 3.23. The van der Waals surface area contributed by atoms with Crippen LogP contribution in [0.3, 0.4) is 0 Å². The normalized spacial score (nSPS) is 11.8. The van der Waals surface area contributed by atoms with Crippen LogP contribution >= 0.6 is 15.9 Å². The second kappa shape index (κ2) is 6.86. The van der Waals surface area contributed by atoms with Gasteiger partial charge in [0.1, 0.15) is 11.0 Å². The van der Waals surface area contributed by atoms with E-state index in [0.717, 1.165) is 4.47 Å². The Morgan fingerprint density at radius 2 is 1.91 bits per heavy atom. The van der Waals surface area contributed by atoms with Crippen LogP contribution in [0.25, 0.3) is 6.08 Å². The van der Waals surface area contributed by atoms with Gasteiger partial charge in [-0.25, -0.2) is 8.42 Å². The smallest absolute Gasteiger partial charge is 0.216 e. The van der Waals surface area contributed by atoms with Gasteiger partial charge in [-0.05, 0) is 48.0 Å². The minimum atomic E-state index is -3.93. The SMILES string of the molecule is COc1ccc(/C=C(\C#N)S(=O)(=O)c2ccc(Br)cc2)cc1O. The third-order valence-electron chi connectivity index (χ3n) is 3.02. The monoisotopic (exact) mass is 393 g/mol. The number of benzene rings is 2. The van der Waals surface area contributed by atoms with Crippen LogP contribution in [-0.2, 0) is 9.84 Å². The fourth-order valence-electron chi connectivity index (χ4n) is 1.86. The summed E-state index contributed by atoms with van der Waals surface area (Å²) in [5, 5.41) is 19.0. The lowest BCUT2D eigenvalue weighted by Crippen LogP contribution is -2.03. The highest BCUT2D eigenvalue weighted by Crippen LogP contribution is 2.28. The number of methoxy groups -OCH3 is 1. The molecule has 0 fully saturated rings. The van der Waals surface area contributed by atoms with E-state index in [0.29, 0.717) is 5.56 Å². The number of allylic oxidation sites excluding steroid dienone is 1. The second-order valence-electron chi connectivity index (χ2n) is 4.51. The molecule has 0 aromatic heterocycles. The Hall–Kier alpha value is -2.30. The molecule has 0 aliphatic carbocycles. The molecule has 2 aromatic carbocycles. The molecule has 23 heavy (non-hydrogen) atoms. The number of hydrogen-bond donors (Lipinski definition) is 1. The highest BCUT2D eigenvalue weighted by molar-refractivity contribution is 9.10. The molecule has 5 nitrogen and oxygen atoms in total. The second-order valence-corrected chi connectivity index (χ2v) is 7.34. The predicted octanol–water partition coefficient (Wildman–Crippen LogP) is 3.50. The van der Waals surface area contributed by atoms with Gasteiger partial charge in [-0.15, -0.1) is 0 Å². The summed E-state index contributed by atoms with van der Waals surface area (Å²) < 4.78 is 30.6. The van der Waals surface area contributed by atoms with E-state index in [1.807, 2.05) is 0 Å².